The van der Waals surface area contributed by atoms with Crippen molar-refractivity contribution in [2.24, 2.45) is 5.73 Å². The highest BCUT2D eigenvalue weighted by atomic mass is 16.4. The molecule has 1 aliphatic rings. The van der Waals surface area contributed by atoms with Gasteiger partial charge in [0.05, 0.1) is 6.42 Å². The van der Waals surface area contributed by atoms with Gasteiger partial charge in [0.25, 0.3) is 5.91 Å². The molecule has 0 saturated heterocycles. The number of aliphatic carboxylic acids is 1. The molecular weight excluding hydrogens is 458 g/mol. The van der Waals surface area contributed by atoms with E-state index in [0.29, 0.717) is 35.5 Å². The van der Waals surface area contributed by atoms with Crippen LogP contribution >= 0.6 is 0 Å². The third kappa shape index (κ3) is 5.87. The van der Waals surface area contributed by atoms with Gasteiger partial charge in [-0.15, -0.1) is 0 Å². The second kappa shape index (κ2) is 10.7. The number of nitrogen functional groups attached to an aromatic ring is 1. The fourth-order valence-electron chi connectivity index (χ4n) is 4.11. The highest BCUT2D eigenvalue weighted by Gasteiger charge is 2.31. The van der Waals surface area contributed by atoms with Crippen molar-refractivity contribution < 1.29 is 19.5 Å². The van der Waals surface area contributed by atoms with Crippen LogP contribution in [0.4, 0.5) is 11.4 Å². The molecule has 0 saturated carbocycles. The average molecular weight is 486 g/mol. The first kappa shape index (κ1) is 24.5. The molecule has 0 fully saturated rings. The van der Waals surface area contributed by atoms with Gasteiger partial charge in [-0.05, 0) is 47.9 Å². The lowest BCUT2D eigenvalue weighted by Crippen LogP contribution is -2.42. The number of anilines is 2. The number of carbonyl (C=O) groups is 3. The average Bonchev–Trinajstić information content (AvgIpc) is 2.99. The molecule has 2 amide bonds. The molecular formula is C27H27N5O4. The third-order valence-electron chi connectivity index (χ3n) is 6.01. The highest BCUT2D eigenvalue weighted by Crippen LogP contribution is 2.28. The molecule has 184 valence electrons. The van der Waals surface area contributed by atoms with Gasteiger partial charge in [0.15, 0.2) is 0 Å². The van der Waals surface area contributed by atoms with Crippen molar-refractivity contribution in [1.29, 1.82) is 5.41 Å². The van der Waals surface area contributed by atoms with Crippen LogP contribution in [0.2, 0.25) is 0 Å². The predicted octanol–water partition coefficient (Wildman–Crippen LogP) is 3.06. The van der Waals surface area contributed by atoms with Crippen LogP contribution in [0.5, 0.6) is 0 Å². The van der Waals surface area contributed by atoms with Crippen molar-refractivity contribution in [3.63, 3.8) is 0 Å². The Morgan fingerprint density at radius 3 is 2.42 bits per heavy atom. The molecule has 3 aromatic carbocycles. The largest absolute Gasteiger partial charge is 0.481 e. The van der Waals surface area contributed by atoms with Crippen molar-refractivity contribution in [3.05, 3.63) is 95.1 Å². The van der Waals surface area contributed by atoms with Crippen LogP contribution in [0.3, 0.4) is 0 Å². The van der Waals surface area contributed by atoms with Gasteiger partial charge in [-0.2, -0.15) is 0 Å². The van der Waals surface area contributed by atoms with Crippen LogP contribution in [0.25, 0.3) is 0 Å². The summed E-state index contributed by atoms with van der Waals surface area (Å²) in [5, 5.41) is 22.7. The first-order valence-corrected chi connectivity index (χ1v) is 11.5. The van der Waals surface area contributed by atoms with Crippen molar-refractivity contribution in [2.45, 2.75) is 25.4 Å². The lowest BCUT2D eigenvalue weighted by molar-refractivity contribution is -0.141. The predicted molar refractivity (Wildman–Crippen MR) is 137 cm³/mol. The number of rotatable bonds is 8. The minimum atomic E-state index is -1.06. The molecule has 4 rings (SSSR count). The van der Waals surface area contributed by atoms with E-state index in [1.165, 1.54) is 0 Å². The molecule has 1 unspecified atom stereocenters. The molecule has 9 heteroatoms. The van der Waals surface area contributed by atoms with Crippen molar-refractivity contribution >= 4 is 35.0 Å². The van der Waals surface area contributed by atoms with Crippen LogP contribution in [0, 0.1) is 5.41 Å². The number of hydrogen-bond acceptors (Lipinski definition) is 5. The maximum absolute atomic E-state index is 13.2. The summed E-state index contributed by atoms with van der Waals surface area (Å²) in [6.45, 7) is 0.709. The van der Waals surface area contributed by atoms with Gasteiger partial charge in [0.2, 0.25) is 5.91 Å². The van der Waals surface area contributed by atoms with Crippen molar-refractivity contribution in [2.75, 3.05) is 17.2 Å². The molecule has 36 heavy (non-hydrogen) atoms. The molecule has 0 radical (unpaired) electrons. The number of nitrogens with one attached hydrogen (secondary N) is 3. The Kier molecular flexibility index (Phi) is 7.29. The van der Waals surface area contributed by atoms with Gasteiger partial charge < -0.3 is 26.4 Å². The van der Waals surface area contributed by atoms with Gasteiger partial charge in [0, 0.05) is 35.6 Å². The second-order valence-electron chi connectivity index (χ2n) is 8.61. The smallest absolute Gasteiger partial charge is 0.305 e. The summed E-state index contributed by atoms with van der Waals surface area (Å²) in [5.74, 6) is -1.74. The Hall–Kier alpha value is -4.66. The Bertz CT molecular complexity index is 1290. The highest BCUT2D eigenvalue weighted by molar-refractivity contribution is 6.05. The monoisotopic (exact) mass is 485 g/mol. The molecule has 1 aliphatic heterocycles. The van der Waals surface area contributed by atoms with Gasteiger partial charge in [0.1, 0.15) is 11.9 Å². The molecule has 3 aromatic rings. The number of carboxylic acid groups (broad SMARTS) is 1. The summed E-state index contributed by atoms with van der Waals surface area (Å²) >= 11 is 0. The van der Waals surface area contributed by atoms with E-state index >= 15 is 0 Å². The van der Waals surface area contributed by atoms with Gasteiger partial charge >= 0.3 is 5.97 Å². The quantitative estimate of drug-likeness (QED) is 0.245. The molecule has 0 aromatic heterocycles. The minimum absolute atomic E-state index is 0.0761. The first-order valence-electron chi connectivity index (χ1n) is 11.5. The summed E-state index contributed by atoms with van der Waals surface area (Å²) in [4.78, 5) is 39.0. The van der Waals surface area contributed by atoms with Crippen LogP contribution in [-0.2, 0) is 22.6 Å². The van der Waals surface area contributed by atoms with E-state index in [0.717, 1.165) is 11.1 Å². The van der Waals surface area contributed by atoms with Crippen LogP contribution in [0.15, 0.2) is 72.8 Å². The minimum Gasteiger partial charge on any atom is -0.481 e. The number of amides is 2. The molecule has 0 aliphatic carbocycles. The Balaban J connectivity index is 1.55. The maximum Gasteiger partial charge on any atom is 0.305 e. The molecule has 9 nitrogen and oxygen atoms in total. The fraction of sp³-hybridized carbons (Fsp3) is 0.185. The normalized spacial score (nSPS) is 14.8. The number of carbonyl (C=O) groups excluding carboxylic acids is 2. The zero-order valence-electron chi connectivity index (χ0n) is 19.5. The van der Waals surface area contributed by atoms with Gasteiger partial charge in [-0.3, -0.25) is 19.8 Å². The van der Waals surface area contributed by atoms with Crippen LogP contribution in [0.1, 0.15) is 33.5 Å². The number of amidine groups is 1. The maximum atomic E-state index is 13.2. The number of nitrogens with zero attached hydrogens (tertiary/aromatic N) is 1. The van der Waals surface area contributed by atoms with E-state index in [1.54, 1.807) is 47.4 Å². The lowest BCUT2D eigenvalue weighted by atomic mass is 10.1. The second-order valence-corrected chi connectivity index (χ2v) is 8.61. The van der Waals surface area contributed by atoms with Crippen LogP contribution < -0.4 is 16.4 Å². The summed E-state index contributed by atoms with van der Waals surface area (Å²) < 4.78 is 0. The molecule has 0 bridgehead atoms. The van der Waals surface area contributed by atoms with E-state index in [1.807, 2.05) is 30.3 Å². The Labute approximate surface area is 208 Å². The molecule has 1 heterocycles. The topological polar surface area (TPSA) is 149 Å². The van der Waals surface area contributed by atoms with Crippen LogP contribution in [-0.4, -0.2) is 46.2 Å². The molecule has 6 N–H and O–H groups in total. The number of carboxylic acids is 1. The number of hydrogen-bond donors (Lipinski definition) is 5. The number of benzene rings is 3. The van der Waals surface area contributed by atoms with Gasteiger partial charge in [-0.1, -0.05) is 42.5 Å². The Morgan fingerprint density at radius 1 is 1.06 bits per heavy atom. The summed E-state index contributed by atoms with van der Waals surface area (Å²) in [5.41, 5.74) is 9.46. The fourth-order valence-corrected chi connectivity index (χ4v) is 4.11. The van der Waals surface area contributed by atoms with Gasteiger partial charge in [-0.25, -0.2) is 0 Å². The van der Waals surface area contributed by atoms with E-state index in [-0.39, 0.29) is 30.6 Å². The van der Waals surface area contributed by atoms with E-state index < -0.39 is 12.0 Å². The molecule has 0 spiro atoms. The first-order chi connectivity index (χ1) is 17.3. The van der Waals surface area contributed by atoms with E-state index in [4.69, 9.17) is 11.1 Å². The summed E-state index contributed by atoms with van der Waals surface area (Å²) in [6.07, 6.45) is 0.295. The SMILES string of the molecule is N=C(N)c1ccc(C(=O)Nc2ccc3c(c2)CN(CCc2ccccc2)C(=O)C(CC(=O)O)N3)cc1. The van der Waals surface area contributed by atoms with E-state index in [9.17, 15) is 19.5 Å². The summed E-state index contributed by atoms with van der Waals surface area (Å²) in [6, 6.07) is 20.5. The third-order valence-corrected chi connectivity index (χ3v) is 6.01. The lowest BCUT2D eigenvalue weighted by Gasteiger charge is -2.24. The number of nitrogens with two attached hydrogens (primary N) is 1. The summed E-state index contributed by atoms with van der Waals surface area (Å²) in [7, 11) is 0. The Morgan fingerprint density at radius 2 is 1.75 bits per heavy atom. The number of fused-ring (bicyclic) bond motifs is 1. The zero-order valence-corrected chi connectivity index (χ0v) is 19.5. The molecule has 1 atom stereocenters. The van der Waals surface area contributed by atoms with Crippen molar-refractivity contribution in [1.82, 2.24) is 4.90 Å². The van der Waals surface area contributed by atoms with Crippen molar-refractivity contribution in [3.8, 4) is 0 Å². The van der Waals surface area contributed by atoms with E-state index in [2.05, 4.69) is 10.6 Å². The standard InChI is InChI=1S/C27H27N5O4/c28-25(29)18-6-8-19(9-7-18)26(35)30-21-10-11-22-20(14-21)16-32(13-12-17-4-2-1-3-5-17)27(36)23(31-22)15-24(33)34/h1-11,14,23,31H,12-13,15-16H2,(H3,28,29)(H,30,35)(H,33,34). The zero-order chi connectivity index (χ0) is 25.7.